The van der Waals surface area contributed by atoms with E-state index >= 15 is 0 Å². The van der Waals surface area contributed by atoms with Gasteiger partial charge in [0.2, 0.25) is 5.91 Å². The van der Waals surface area contributed by atoms with Gasteiger partial charge >= 0.3 is 0 Å². The van der Waals surface area contributed by atoms with Crippen molar-refractivity contribution in [3.63, 3.8) is 0 Å². The summed E-state index contributed by atoms with van der Waals surface area (Å²) in [5.41, 5.74) is 2.37. The molecule has 2 aromatic carbocycles. The van der Waals surface area contributed by atoms with Gasteiger partial charge in [-0.2, -0.15) is 0 Å². The van der Waals surface area contributed by atoms with E-state index in [9.17, 15) is 14.4 Å². The smallest absolute Gasteiger partial charge is 0.255 e. The molecule has 162 valence electrons. The van der Waals surface area contributed by atoms with Gasteiger partial charge in [0.1, 0.15) is 6.04 Å². The predicted octanol–water partition coefficient (Wildman–Crippen LogP) is 3.88. The number of fused-ring (bicyclic) bond motifs is 1. The monoisotopic (exact) mass is 418 g/mol. The van der Waals surface area contributed by atoms with E-state index in [-0.39, 0.29) is 23.6 Å². The largest absolute Gasteiger partial charge is 0.355 e. The fourth-order valence-electron chi connectivity index (χ4n) is 5.05. The second-order valence-electron chi connectivity index (χ2n) is 8.51. The van der Waals surface area contributed by atoms with Crippen molar-refractivity contribution in [3.8, 4) is 0 Å². The molecule has 0 radical (unpaired) electrons. The second kappa shape index (κ2) is 9.46. The Morgan fingerprint density at radius 3 is 2.39 bits per heavy atom. The Bertz CT molecular complexity index is 950. The number of hydrogen-bond donors (Lipinski definition) is 1. The first-order chi connectivity index (χ1) is 15.1. The first kappa shape index (κ1) is 21.3. The molecule has 2 aromatic rings. The molecule has 2 amide bonds. The van der Waals surface area contributed by atoms with Crippen LogP contribution in [0.15, 0.2) is 54.6 Å². The number of nitrogens with zero attached hydrogens (tertiary/aromatic N) is 1. The normalized spacial score (nSPS) is 21.1. The van der Waals surface area contributed by atoms with Crippen LogP contribution in [0.3, 0.4) is 0 Å². The highest BCUT2D eigenvalue weighted by molar-refractivity contribution is 6.06. The van der Waals surface area contributed by atoms with Gasteiger partial charge in [-0.1, -0.05) is 68.3 Å². The molecule has 2 atom stereocenters. The molecule has 0 saturated heterocycles. The van der Waals surface area contributed by atoms with Gasteiger partial charge in [-0.05, 0) is 36.5 Å². The first-order valence-corrected chi connectivity index (χ1v) is 11.4. The molecule has 5 nitrogen and oxygen atoms in total. The van der Waals surface area contributed by atoms with Crippen LogP contribution in [0.4, 0.5) is 0 Å². The zero-order valence-corrected chi connectivity index (χ0v) is 18.0. The Balaban J connectivity index is 1.64. The quantitative estimate of drug-likeness (QED) is 0.742. The molecular formula is C26H30N2O3. The lowest BCUT2D eigenvalue weighted by Gasteiger charge is -2.43. The van der Waals surface area contributed by atoms with Crippen LogP contribution in [0.25, 0.3) is 0 Å². The third-order valence-electron chi connectivity index (χ3n) is 6.61. The number of rotatable bonds is 7. The fourth-order valence-corrected chi connectivity index (χ4v) is 5.05. The molecule has 31 heavy (non-hydrogen) atoms. The Kier molecular flexibility index (Phi) is 6.50. The maximum Gasteiger partial charge on any atom is 0.255 e. The number of ketones is 1. The molecule has 1 aliphatic carbocycles. The molecule has 1 N–H and O–H groups in total. The summed E-state index contributed by atoms with van der Waals surface area (Å²) in [6.45, 7) is 2.30. The maximum absolute atomic E-state index is 13.4. The van der Waals surface area contributed by atoms with Crippen molar-refractivity contribution in [1.82, 2.24) is 10.2 Å². The van der Waals surface area contributed by atoms with E-state index in [2.05, 4.69) is 5.32 Å². The van der Waals surface area contributed by atoms with Crippen molar-refractivity contribution in [3.05, 3.63) is 71.3 Å². The SMILES string of the molecule is CCC(=O)[C@H]1[C@H](C(=O)NCCc2ccccc2)c2ccccc2C(=O)N1C1CCCC1. The van der Waals surface area contributed by atoms with Crippen LogP contribution in [0, 0.1) is 0 Å². The Morgan fingerprint density at radius 1 is 1.00 bits per heavy atom. The molecule has 0 spiro atoms. The first-order valence-electron chi connectivity index (χ1n) is 11.4. The summed E-state index contributed by atoms with van der Waals surface area (Å²) < 4.78 is 0. The molecule has 1 saturated carbocycles. The lowest BCUT2D eigenvalue weighted by Crippen LogP contribution is -2.58. The van der Waals surface area contributed by atoms with Crippen LogP contribution in [0.2, 0.25) is 0 Å². The number of hydrogen-bond acceptors (Lipinski definition) is 3. The van der Waals surface area contributed by atoms with Crippen molar-refractivity contribution >= 4 is 17.6 Å². The van der Waals surface area contributed by atoms with E-state index < -0.39 is 12.0 Å². The molecule has 0 unspecified atom stereocenters. The minimum atomic E-state index is -0.729. The Morgan fingerprint density at radius 2 is 1.68 bits per heavy atom. The van der Waals surface area contributed by atoms with Gasteiger partial charge in [-0.15, -0.1) is 0 Å². The van der Waals surface area contributed by atoms with Crippen molar-refractivity contribution in [1.29, 1.82) is 0 Å². The summed E-state index contributed by atoms with van der Waals surface area (Å²) in [7, 11) is 0. The van der Waals surface area contributed by atoms with Gasteiger partial charge in [-0.25, -0.2) is 0 Å². The van der Waals surface area contributed by atoms with E-state index in [0.717, 1.165) is 37.7 Å². The third kappa shape index (κ3) is 4.27. The molecule has 1 fully saturated rings. The molecule has 4 rings (SSSR count). The zero-order chi connectivity index (χ0) is 21.8. The minimum Gasteiger partial charge on any atom is -0.355 e. The third-order valence-corrected chi connectivity index (χ3v) is 6.61. The van der Waals surface area contributed by atoms with Crippen LogP contribution in [0.5, 0.6) is 0 Å². The van der Waals surface area contributed by atoms with Gasteiger partial charge in [0, 0.05) is 24.6 Å². The van der Waals surface area contributed by atoms with Gasteiger partial charge in [0.05, 0.1) is 5.92 Å². The van der Waals surface area contributed by atoms with Gasteiger partial charge < -0.3 is 10.2 Å². The zero-order valence-electron chi connectivity index (χ0n) is 18.0. The van der Waals surface area contributed by atoms with Crippen LogP contribution < -0.4 is 5.32 Å². The number of Topliss-reactive ketones (excluding diaryl/α,β-unsaturated/α-hetero) is 1. The highest BCUT2D eigenvalue weighted by atomic mass is 16.2. The summed E-state index contributed by atoms with van der Waals surface area (Å²) >= 11 is 0. The van der Waals surface area contributed by atoms with Gasteiger partial charge in [0.15, 0.2) is 5.78 Å². The molecule has 2 aliphatic rings. The molecule has 0 bridgehead atoms. The van der Waals surface area contributed by atoms with Crippen LogP contribution in [-0.2, 0) is 16.0 Å². The van der Waals surface area contributed by atoms with E-state index in [1.54, 1.807) is 11.0 Å². The van der Waals surface area contributed by atoms with Crippen molar-refractivity contribution in [2.45, 2.75) is 63.5 Å². The van der Waals surface area contributed by atoms with Crippen LogP contribution in [0.1, 0.15) is 66.4 Å². The highest BCUT2D eigenvalue weighted by Crippen LogP contribution is 2.39. The minimum absolute atomic E-state index is 0.0287. The standard InChI is InChI=1S/C26H30N2O3/c1-2-22(29)24-23(25(30)27-17-16-18-10-4-3-5-11-18)20-14-8-9-15-21(20)26(31)28(24)19-12-6-7-13-19/h3-5,8-11,14-15,19,23-24H,2,6-7,12-13,16-17H2,1H3,(H,27,30)/t23-,24+/m1/s1. The summed E-state index contributed by atoms with van der Waals surface area (Å²) in [5, 5.41) is 3.05. The van der Waals surface area contributed by atoms with Crippen LogP contribution >= 0.6 is 0 Å². The lowest BCUT2D eigenvalue weighted by atomic mass is 9.79. The molecule has 5 heteroatoms. The van der Waals surface area contributed by atoms with E-state index in [0.29, 0.717) is 24.1 Å². The predicted molar refractivity (Wildman–Crippen MR) is 120 cm³/mol. The van der Waals surface area contributed by atoms with Gasteiger partial charge in [0.25, 0.3) is 5.91 Å². The number of carbonyl (C=O) groups excluding carboxylic acids is 3. The van der Waals surface area contributed by atoms with E-state index in [1.165, 1.54) is 0 Å². The second-order valence-corrected chi connectivity index (χ2v) is 8.51. The molecular weight excluding hydrogens is 388 g/mol. The average Bonchev–Trinajstić information content (AvgIpc) is 3.33. The summed E-state index contributed by atoms with van der Waals surface area (Å²) in [6, 6.07) is 16.6. The maximum atomic E-state index is 13.4. The number of benzene rings is 2. The highest BCUT2D eigenvalue weighted by Gasteiger charge is 2.48. The Hall–Kier alpha value is -2.95. The molecule has 0 aromatic heterocycles. The molecule has 1 aliphatic heterocycles. The van der Waals surface area contributed by atoms with E-state index in [1.807, 2.05) is 55.5 Å². The topological polar surface area (TPSA) is 66.5 Å². The van der Waals surface area contributed by atoms with E-state index in [4.69, 9.17) is 0 Å². The summed E-state index contributed by atoms with van der Waals surface area (Å²) in [6.07, 6.45) is 4.91. The number of amides is 2. The Labute approximate surface area is 183 Å². The average molecular weight is 419 g/mol. The summed E-state index contributed by atoms with van der Waals surface area (Å²) in [5.74, 6) is -0.996. The fraction of sp³-hybridized carbons (Fsp3) is 0.423. The van der Waals surface area contributed by atoms with Crippen molar-refractivity contribution in [2.24, 2.45) is 0 Å². The number of carbonyl (C=O) groups is 3. The number of nitrogens with one attached hydrogen (secondary N) is 1. The van der Waals surface area contributed by atoms with Crippen molar-refractivity contribution < 1.29 is 14.4 Å². The van der Waals surface area contributed by atoms with Crippen molar-refractivity contribution in [2.75, 3.05) is 6.54 Å². The lowest BCUT2D eigenvalue weighted by molar-refractivity contribution is -0.132. The van der Waals surface area contributed by atoms with Crippen LogP contribution in [-0.4, -0.2) is 41.1 Å². The summed E-state index contributed by atoms with van der Waals surface area (Å²) in [4.78, 5) is 41.8. The van der Waals surface area contributed by atoms with Gasteiger partial charge in [-0.3, -0.25) is 14.4 Å². The molecule has 1 heterocycles.